The van der Waals surface area contributed by atoms with Crippen LogP contribution in [0.2, 0.25) is 0 Å². The zero-order valence-corrected chi connectivity index (χ0v) is 10.8. The maximum absolute atomic E-state index is 12.0. The molecule has 0 saturated carbocycles. The standard InChI is InChI=1S/C13H16N2O3/c1-4-18-12(16)8-15-11(9(2)3)6-5-10(7-14)13(15)17/h5-6,9H,4,8H2,1-3H3. The third-order valence-electron chi connectivity index (χ3n) is 2.51. The monoisotopic (exact) mass is 248 g/mol. The average molecular weight is 248 g/mol. The molecule has 0 aliphatic rings. The predicted octanol–water partition coefficient (Wildman–Crippen LogP) is 1.41. The van der Waals surface area contributed by atoms with E-state index >= 15 is 0 Å². The van der Waals surface area contributed by atoms with E-state index in [1.54, 1.807) is 13.0 Å². The Balaban J connectivity index is 3.25. The van der Waals surface area contributed by atoms with E-state index in [1.165, 1.54) is 10.6 Å². The first-order valence-corrected chi connectivity index (χ1v) is 5.80. The van der Waals surface area contributed by atoms with Crippen LogP contribution in [0.4, 0.5) is 0 Å². The van der Waals surface area contributed by atoms with Gasteiger partial charge in [-0.1, -0.05) is 13.8 Å². The molecule has 0 unspecified atom stereocenters. The summed E-state index contributed by atoms with van der Waals surface area (Å²) in [4.78, 5) is 23.5. The maximum atomic E-state index is 12.0. The van der Waals surface area contributed by atoms with E-state index in [0.717, 1.165) is 0 Å². The van der Waals surface area contributed by atoms with Gasteiger partial charge in [0.05, 0.1) is 6.61 Å². The van der Waals surface area contributed by atoms with Crippen molar-refractivity contribution in [3.05, 3.63) is 33.7 Å². The highest BCUT2D eigenvalue weighted by molar-refractivity contribution is 5.69. The normalized spacial score (nSPS) is 10.2. The second-order valence-corrected chi connectivity index (χ2v) is 4.13. The molecule has 5 heteroatoms. The fourth-order valence-corrected chi connectivity index (χ4v) is 1.68. The lowest BCUT2D eigenvalue weighted by Gasteiger charge is -2.15. The smallest absolute Gasteiger partial charge is 0.326 e. The van der Waals surface area contributed by atoms with Crippen LogP contribution >= 0.6 is 0 Å². The Kier molecular flexibility index (Phi) is 4.67. The van der Waals surface area contributed by atoms with E-state index in [4.69, 9.17) is 10.00 Å². The molecular weight excluding hydrogens is 232 g/mol. The third-order valence-corrected chi connectivity index (χ3v) is 2.51. The van der Waals surface area contributed by atoms with Gasteiger partial charge in [-0.2, -0.15) is 5.26 Å². The minimum absolute atomic E-state index is 0.0312. The molecule has 0 aliphatic heterocycles. The predicted molar refractivity (Wildman–Crippen MR) is 66.1 cm³/mol. The fourth-order valence-electron chi connectivity index (χ4n) is 1.68. The first-order valence-electron chi connectivity index (χ1n) is 5.80. The lowest BCUT2D eigenvalue weighted by molar-refractivity contribution is -0.143. The molecule has 0 saturated heterocycles. The van der Waals surface area contributed by atoms with Gasteiger partial charge < -0.3 is 9.30 Å². The Morgan fingerprint density at radius 2 is 2.17 bits per heavy atom. The maximum Gasteiger partial charge on any atom is 0.326 e. The molecule has 1 aromatic rings. The summed E-state index contributed by atoms with van der Waals surface area (Å²) in [6.07, 6.45) is 0. The Labute approximate surface area is 106 Å². The van der Waals surface area contributed by atoms with Crippen LogP contribution in [-0.4, -0.2) is 17.1 Å². The summed E-state index contributed by atoms with van der Waals surface area (Å²) in [7, 11) is 0. The quantitative estimate of drug-likeness (QED) is 0.755. The second kappa shape index (κ2) is 6.01. The number of pyridine rings is 1. The topological polar surface area (TPSA) is 72.1 Å². The first kappa shape index (κ1) is 14.0. The number of carbonyl (C=O) groups is 1. The molecule has 1 aromatic heterocycles. The number of aromatic nitrogens is 1. The number of nitriles is 1. The van der Waals surface area contributed by atoms with Crippen molar-refractivity contribution in [2.75, 3.05) is 6.61 Å². The number of nitrogens with zero attached hydrogens (tertiary/aromatic N) is 2. The molecule has 18 heavy (non-hydrogen) atoms. The van der Waals surface area contributed by atoms with Crippen molar-refractivity contribution in [3.63, 3.8) is 0 Å². The SMILES string of the molecule is CCOC(=O)Cn1c(C(C)C)ccc(C#N)c1=O. The molecule has 0 radical (unpaired) electrons. The molecule has 0 atom stereocenters. The van der Waals surface area contributed by atoms with E-state index in [-0.39, 0.29) is 24.6 Å². The number of carbonyl (C=O) groups excluding carboxylic acids is 1. The largest absolute Gasteiger partial charge is 0.465 e. The minimum atomic E-state index is -0.475. The summed E-state index contributed by atoms with van der Waals surface area (Å²) < 4.78 is 6.13. The van der Waals surface area contributed by atoms with Gasteiger partial charge in [-0.25, -0.2) is 0 Å². The van der Waals surface area contributed by atoms with Gasteiger partial charge in [-0.05, 0) is 25.0 Å². The van der Waals surface area contributed by atoms with E-state index in [2.05, 4.69) is 0 Å². The molecular formula is C13H16N2O3. The molecule has 96 valence electrons. The molecule has 1 heterocycles. The second-order valence-electron chi connectivity index (χ2n) is 4.13. The Bertz CT molecular complexity index is 538. The fraction of sp³-hybridized carbons (Fsp3) is 0.462. The van der Waals surface area contributed by atoms with Crippen LogP contribution in [0.1, 0.15) is 37.9 Å². The number of esters is 1. The first-order chi connectivity index (χ1) is 8.51. The summed E-state index contributed by atoms with van der Waals surface area (Å²) >= 11 is 0. The molecule has 0 N–H and O–H groups in total. The number of hydrogen-bond donors (Lipinski definition) is 0. The molecule has 0 bridgehead atoms. The van der Waals surface area contributed by atoms with Crippen LogP contribution in [0, 0.1) is 11.3 Å². The molecule has 0 aliphatic carbocycles. The molecule has 1 rings (SSSR count). The van der Waals surface area contributed by atoms with E-state index in [0.29, 0.717) is 5.69 Å². The third kappa shape index (κ3) is 2.98. The summed E-state index contributed by atoms with van der Waals surface area (Å²) in [6, 6.07) is 5.01. The molecule has 5 nitrogen and oxygen atoms in total. The van der Waals surface area contributed by atoms with Crippen LogP contribution < -0.4 is 5.56 Å². The van der Waals surface area contributed by atoms with Gasteiger partial charge in [0.15, 0.2) is 0 Å². The van der Waals surface area contributed by atoms with Gasteiger partial charge in [0, 0.05) is 5.69 Å². The van der Waals surface area contributed by atoms with Crippen molar-refractivity contribution in [2.24, 2.45) is 0 Å². The van der Waals surface area contributed by atoms with Crippen molar-refractivity contribution in [1.82, 2.24) is 4.57 Å². The van der Waals surface area contributed by atoms with Crippen LogP contribution in [0.3, 0.4) is 0 Å². The molecule has 0 aromatic carbocycles. The minimum Gasteiger partial charge on any atom is -0.465 e. The summed E-state index contributed by atoms with van der Waals surface area (Å²) in [5.74, 6) is -0.392. The molecule has 0 fully saturated rings. The van der Waals surface area contributed by atoms with Gasteiger partial charge in [0.2, 0.25) is 0 Å². The number of ether oxygens (including phenoxy) is 1. The van der Waals surface area contributed by atoms with E-state index < -0.39 is 11.5 Å². The van der Waals surface area contributed by atoms with E-state index in [1.807, 2.05) is 19.9 Å². The van der Waals surface area contributed by atoms with Crippen molar-refractivity contribution in [1.29, 1.82) is 5.26 Å². The van der Waals surface area contributed by atoms with Crippen LogP contribution in [0.15, 0.2) is 16.9 Å². The Morgan fingerprint density at radius 1 is 1.50 bits per heavy atom. The lowest BCUT2D eigenvalue weighted by atomic mass is 10.1. The van der Waals surface area contributed by atoms with Gasteiger partial charge in [-0.3, -0.25) is 9.59 Å². The van der Waals surface area contributed by atoms with Crippen molar-refractivity contribution < 1.29 is 9.53 Å². The summed E-state index contributed by atoms with van der Waals surface area (Å²) in [6.45, 7) is 5.65. The zero-order chi connectivity index (χ0) is 13.7. The summed E-state index contributed by atoms with van der Waals surface area (Å²) in [5, 5.41) is 8.83. The van der Waals surface area contributed by atoms with Crippen LogP contribution in [0.25, 0.3) is 0 Å². The van der Waals surface area contributed by atoms with Crippen molar-refractivity contribution in [3.8, 4) is 6.07 Å². The lowest BCUT2D eigenvalue weighted by Crippen LogP contribution is -2.30. The van der Waals surface area contributed by atoms with Gasteiger partial charge in [0.25, 0.3) is 5.56 Å². The van der Waals surface area contributed by atoms with Crippen molar-refractivity contribution >= 4 is 5.97 Å². The van der Waals surface area contributed by atoms with E-state index in [9.17, 15) is 9.59 Å². The highest BCUT2D eigenvalue weighted by Gasteiger charge is 2.14. The molecule has 0 amide bonds. The summed E-state index contributed by atoms with van der Waals surface area (Å²) in [5.41, 5.74) is 0.299. The van der Waals surface area contributed by atoms with Crippen LogP contribution in [0.5, 0.6) is 0 Å². The number of rotatable bonds is 4. The Morgan fingerprint density at radius 3 is 2.67 bits per heavy atom. The van der Waals surface area contributed by atoms with Crippen LogP contribution in [-0.2, 0) is 16.1 Å². The molecule has 0 spiro atoms. The van der Waals surface area contributed by atoms with Gasteiger partial charge >= 0.3 is 5.97 Å². The zero-order valence-electron chi connectivity index (χ0n) is 10.8. The highest BCUT2D eigenvalue weighted by atomic mass is 16.5. The number of hydrogen-bond acceptors (Lipinski definition) is 4. The Hall–Kier alpha value is -2.09. The van der Waals surface area contributed by atoms with Gasteiger partial charge in [0.1, 0.15) is 18.2 Å². The van der Waals surface area contributed by atoms with Crippen molar-refractivity contribution in [2.45, 2.75) is 33.2 Å². The highest BCUT2D eigenvalue weighted by Crippen LogP contribution is 2.13. The van der Waals surface area contributed by atoms with Gasteiger partial charge in [-0.15, -0.1) is 0 Å². The average Bonchev–Trinajstić information content (AvgIpc) is 2.31.